The summed E-state index contributed by atoms with van der Waals surface area (Å²) in [6, 6.07) is 0. The van der Waals surface area contributed by atoms with Crippen molar-refractivity contribution in [3.8, 4) is 0 Å². The monoisotopic (exact) mass is 256 g/mol. The maximum absolute atomic E-state index is 13.4. The van der Waals surface area contributed by atoms with Crippen molar-refractivity contribution in [3.05, 3.63) is 12.0 Å². The van der Waals surface area contributed by atoms with E-state index in [1.807, 2.05) is 13.8 Å². The van der Waals surface area contributed by atoms with Gasteiger partial charge in [0.25, 0.3) is 0 Å². The molecule has 102 valence electrons. The van der Waals surface area contributed by atoms with Crippen LogP contribution in [0.5, 0.6) is 0 Å². The summed E-state index contributed by atoms with van der Waals surface area (Å²) in [4.78, 5) is 7.71. The molecule has 0 aliphatic rings. The predicted molar refractivity (Wildman–Crippen MR) is 70.1 cm³/mol. The van der Waals surface area contributed by atoms with Gasteiger partial charge in [0.1, 0.15) is 0 Å². The Labute approximate surface area is 107 Å². The fourth-order valence-electron chi connectivity index (χ4n) is 1.81. The lowest BCUT2D eigenvalue weighted by molar-refractivity contribution is 0.114. The standard InChI is InChI=1S/C12H21FN4O/c1-4-8(5-2)10(18)7-15-11-9(13)6-16-12(14-3)17-11/h6,8,10,18H,4-5,7H2,1-3H3,(H2,14,15,16,17). The zero-order valence-corrected chi connectivity index (χ0v) is 11.1. The van der Waals surface area contributed by atoms with E-state index in [-0.39, 0.29) is 18.3 Å². The largest absolute Gasteiger partial charge is 0.391 e. The number of nitrogens with one attached hydrogen (secondary N) is 2. The van der Waals surface area contributed by atoms with Gasteiger partial charge in [-0.25, -0.2) is 9.37 Å². The smallest absolute Gasteiger partial charge is 0.224 e. The molecule has 0 bridgehead atoms. The van der Waals surface area contributed by atoms with Gasteiger partial charge < -0.3 is 15.7 Å². The number of hydrogen-bond donors (Lipinski definition) is 3. The second-order valence-electron chi connectivity index (χ2n) is 4.16. The molecular weight excluding hydrogens is 235 g/mol. The average Bonchev–Trinajstić information content (AvgIpc) is 2.39. The molecule has 0 aliphatic carbocycles. The molecule has 0 amide bonds. The lowest BCUT2D eigenvalue weighted by Gasteiger charge is -2.20. The second-order valence-corrected chi connectivity index (χ2v) is 4.16. The first-order valence-electron chi connectivity index (χ1n) is 6.24. The first kappa shape index (κ1) is 14.6. The minimum Gasteiger partial charge on any atom is -0.391 e. The molecule has 0 radical (unpaired) electrons. The van der Waals surface area contributed by atoms with Gasteiger partial charge in [0.2, 0.25) is 5.95 Å². The van der Waals surface area contributed by atoms with E-state index in [0.29, 0.717) is 5.95 Å². The molecular formula is C12H21FN4O. The Morgan fingerprint density at radius 3 is 2.61 bits per heavy atom. The van der Waals surface area contributed by atoms with Gasteiger partial charge in [0.05, 0.1) is 12.3 Å². The van der Waals surface area contributed by atoms with Crippen LogP contribution in [-0.2, 0) is 0 Å². The van der Waals surface area contributed by atoms with Crippen LogP contribution in [0.15, 0.2) is 6.20 Å². The minimum atomic E-state index is -0.522. The number of nitrogens with zero attached hydrogens (tertiary/aromatic N) is 2. The third-order valence-electron chi connectivity index (χ3n) is 3.04. The summed E-state index contributed by atoms with van der Waals surface area (Å²) in [7, 11) is 1.66. The molecule has 1 aromatic heterocycles. The fourth-order valence-corrected chi connectivity index (χ4v) is 1.81. The van der Waals surface area contributed by atoms with Gasteiger partial charge in [-0.15, -0.1) is 0 Å². The molecule has 1 rings (SSSR count). The van der Waals surface area contributed by atoms with Crippen LogP contribution in [-0.4, -0.2) is 34.8 Å². The Hall–Kier alpha value is -1.43. The summed E-state index contributed by atoms with van der Waals surface area (Å²) in [5.74, 6) is 0.146. The van der Waals surface area contributed by atoms with E-state index in [0.717, 1.165) is 19.0 Å². The Morgan fingerprint density at radius 1 is 1.39 bits per heavy atom. The van der Waals surface area contributed by atoms with Crippen LogP contribution in [0.3, 0.4) is 0 Å². The minimum absolute atomic E-state index is 0.111. The number of aliphatic hydroxyl groups excluding tert-OH is 1. The summed E-state index contributed by atoms with van der Waals surface area (Å²) in [6.07, 6.45) is 2.39. The molecule has 5 nitrogen and oxygen atoms in total. The maximum atomic E-state index is 13.4. The van der Waals surface area contributed by atoms with Crippen LogP contribution in [0.4, 0.5) is 16.2 Å². The quantitative estimate of drug-likeness (QED) is 0.694. The number of anilines is 2. The lowest BCUT2D eigenvalue weighted by atomic mass is 9.97. The number of halogens is 1. The first-order chi connectivity index (χ1) is 8.62. The highest BCUT2D eigenvalue weighted by atomic mass is 19.1. The Morgan fingerprint density at radius 2 is 2.06 bits per heavy atom. The molecule has 0 saturated heterocycles. The summed E-state index contributed by atoms with van der Waals surface area (Å²) in [5.41, 5.74) is 0. The van der Waals surface area contributed by atoms with Gasteiger partial charge in [-0.3, -0.25) is 0 Å². The maximum Gasteiger partial charge on any atom is 0.224 e. The van der Waals surface area contributed by atoms with Crippen molar-refractivity contribution in [2.75, 3.05) is 24.2 Å². The molecule has 1 aromatic rings. The second kappa shape index (κ2) is 7.10. The fraction of sp³-hybridized carbons (Fsp3) is 0.667. The molecule has 0 aliphatic heterocycles. The molecule has 3 N–H and O–H groups in total. The van der Waals surface area contributed by atoms with Gasteiger partial charge in [0, 0.05) is 13.6 Å². The van der Waals surface area contributed by atoms with Gasteiger partial charge in [-0.2, -0.15) is 4.98 Å². The summed E-state index contributed by atoms with van der Waals surface area (Å²) >= 11 is 0. The normalized spacial score (nSPS) is 12.6. The van der Waals surface area contributed by atoms with E-state index in [1.165, 1.54) is 0 Å². The van der Waals surface area contributed by atoms with Gasteiger partial charge in [-0.1, -0.05) is 26.7 Å². The molecule has 0 fully saturated rings. The molecule has 0 spiro atoms. The number of aromatic nitrogens is 2. The Balaban J connectivity index is 2.62. The van der Waals surface area contributed by atoms with Crippen molar-refractivity contribution >= 4 is 11.8 Å². The van der Waals surface area contributed by atoms with Crippen LogP contribution >= 0.6 is 0 Å². The zero-order valence-electron chi connectivity index (χ0n) is 11.1. The van der Waals surface area contributed by atoms with Crippen LogP contribution in [0.25, 0.3) is 0 Å². The van der Waals surface area contributed by atoms with Gasteiger partial charge in [0.15, 0.2) is 11.6 Å². The van der Waals surface area contributed by atoms with Crippen molar-refractivity contribution in [2.24, 2.45) is 5.92 Å². The average molecular weight is 256 g/mol. The summed E-state index contributed by atoms with van der Waals surface area (Å²) in [6.45, 7) is 4.34. The van der Waals surface area contributed by atoms with E-state index in [1.54, 1.807) is 7.05 Å². The van der Waals surface area contributed by atoms with E-state index in [4.69, 9.17) is 0 Å². The predicted octanol–water partition coefficient (Wildman–Crippen LogP) is 1.87. The van der Waals surface area contributed by atoms with E-state index >= 15 is 0 Å². The number of rotatable bonds is 7. The number of hydrogen-bond acceptors (Lipinski definition) is 5. The third-order valence-corrected chi connectivity index (χ3v) is 3.04. The van der Waals surface area contributed by atoms with Crippen molar-refractivity contribution in [1.82, 2.24) is 9.97 Å². The van der Waals surface area contributed by atoms with Crippen LogP contribution in [0, 0.1) is 11.7 Å². The van der Waals surface area contributed by atoms with E-state index in [9.17, 15) is 9.50 Å². The summed E-state index contributed by atoms with van der Waals surface area (Å²) in [5, 5.41) is 15.5. The Bertz CT molecular complexity index is 371. The third kappa shape index (κ3) is 3.80. The van der Waals surface area contributed by atoms with Crippen LogP contribution in [0.1, 0.15) is 26.7 Å². The summed E-state index contributed by atoms with van der Waals surface area (Å²) < 4.78 is 13.4. The van der Waals surface area contributed by atoms with Crippen LogP contribution in [0.2, 0.25) is 0 Å². The van der Waals surface area contributed by atoms with Crippen molar-refractivity contribution in [1.29, 1.82) is 0 Å². The molecule has 1 heterocycles. The molecule has 6 heteroatoms. The van der Waals surface area contributed by atoms with Crippen molar-refractivity contribution in [3.63, 3.8) is 0 Å². The molecule has 0 aromatic carbocycles. The molecule has 0 saturated carbocycles. The van der Waals surface area contributed by atoms with Crippen molar-refractivity contribution in [2.45, 2.75) is 32.8 Å². The molecule has 1 unspecified atom stereocenters. The van der Waals surface area contributed by atoms with Gasteiger partial charge >= 0.3 is 0 Å². The van der Waals surface area contributed by atoms with E-state index < -0.39 is 11.9 Å². The topological polar surface area (TPSA) is 70.1 Å². The Kier molecular flexibility index (Phi) is 5.77. The number of aliphatic hydroxyl groups is 1. The van der Waals surface area contributed by atoms with Crippen LogP contribution < -0.4 is 10.6 Å². The highest BCUT2D eigenvalue weighted by Crippen LogP contribution is 2.15. The molecule has 18 heavy (non-hydrogen) atoms. The highest BCUT2D eigenvalue weighted by molar-refractivity contribution is 5.40. The SMILES string of the molecule is CCC(CC)C(O)CNc1nc(NC)ncc1F. The van der Waals surface area contributed by atoms with Crippen molar-refractivity contribution < 1.29 is 9.50 Å². The van der Waals surface area contributed by atoms with E-state index in [2.05, 4.69) is 20.6 Å². The lowest BCUT2D eigenvalue weighted by Crippen LogP contribution is -2.28. The first-order valence-corrected chi connectivity index (χ1v) is 6.24. The zero-order chi connectivity index (χ0) is 13.5. The van der Waals surface area contributed by atoms with Gasteiger partial charge in [-0.05, 0) is 5.92 Å². The molecule has 1 atom stereocenters. The highest BCUT2D eigenvalue weighted by Gasteiger charge is 2.16.